The SMILES string of the molecule is [C-]#[N+]c1ccc2c(oc3c(-c4ccc([Si](C)(C)C)c[n+]4C)c(C)cc(C)c32)c1-c1ccccc1. The topological polar surface area (TPSA) is 21.4 Å². The molecule has 0 atom stereocenters. The average molecular weight is 462 g/mol. The first kappa shape index (κ1) is 22.1. The first-order valence-electron chi connectivity index (χ1n) is 11.6. The summed E-state index contributed by atoms with van der Waals surface area (Å²) in [5, 5.41) is 3.61. The summed E-state index contributed by atoms with van der Waals surface area (Å²) in [5.74, 6) is 0. The van der Waals surface area contributed by atoms with Crippen molar-refractivity contribution in [2.75, 3.05) is 0 Å². The van der Waals surface area contributed by atoms with Gasteiger partial charge in [0.05, 0.1) is 20.2 Å². The van der Waals surface area contributed by atoms with Crippen LogP contribution >= 0.6 is 0 Å². The summed E-state index contributed by atoms with van der Waals surface area (Å²) >= 11 is 0. The van der Waals surface area contributed by atoms with Gasteiger partial charge in [-0.3, -0.25) is 0 Å². The second-order valence-corrected chi connectivity index (χ2v) is 15.2. The van der Waals surface area contributed by atoms with Gasteiger partial charge in [0.25, 0.3) is 0 Å². The molecule has 0 aliphatic heterocycles. The van der Waals surface area contributed by atoms with Gasteiger partial charge in [-0.25, -0.2) is 9.41 Å². The number of aryl methyl sites for hydroxylation is 3. The van der Waals surface area contributed by atoms with E-state index in [4.69, 9.17) is 11.0 Å². The summed E-state index contributed by atoms with van der Waals surface area (Å²) in [6.07, 6.45) is 2.28. The molecule has 2 heterocycles. The highest BCUT2D eigenvalue weighted by atomic mass is 28.3. The van der Waals surface area contributed by atoms with Crippen LogP contribution in [0, 0.1) is 20.4 Å². The number of aromatic nitrogens is 1. The molecule has 0 bridgehead atoms. The van der Waals surface area contributed by atoms with Crippen molar-refractivity contribution in [1.82, 2.24) is 0 Å². The minimum Gasteiger partial charge on any atom is -0.456 e. The summed E-state index contributed by atoms with van der Waals surface area (Å²) < 4.78 is 8.97. The molecule has 5 aromatic rings. The highest BCUT2D eigenvalue weighted by molar-refractivity contribution is 6.88. The second kappa shape index (κ2) is 7.97. The molecule has 0 saturated heterocycles. The number of furan rings is 1. The minimum atomic E-state index is -1.42. The molecule has 0 spiro atoms. The minimum absolute atomic E-state index is 0.610. The number of hydrogen-bond acceptors (Lipinski definition) is 1. The molecule has 0 radical (unpaired) electrons. The zero-order valence-corrected chi connectivity index (χ0v) is 21.7. The highest BCUT2D eigenvalue weighted by Gasteiger charge is 2.26. The maximum absolute atomic E-state index is 7.78. The first-order chi connectivity index (χ1) is 16.2. The lowest BCUT2D eigenvalue weighted by molar-refractivity contribution is -0.659. The van der Waals surface area contributed by atoms with E-state index >= 15 is 0 Å². The summed E-state index contributed by atoms with van der Waals surface area (Å²) in [5.41, 5.74) is 8.77. The van der Waals surface area contributed by atoms with E-state index in [2.05, 4.69) is 74.3 Å². The van der Waals surface area contributed by atoms with Gasteiger partial charge in [0, 0.05) is 27.6 Å². The van der Waals surface area contributed by atoms with Gasteiger partial charge in [-0.2, -0.15) is 0 Å². The van der Waals surface area contributed by atoms with Gasteiger partial charge in [0.1, 0.15) is 18.2 Å². The molecule has 0 amide bonds. The predicted molar refractivity (Wildman–Crippen MR) is 144 cm³/mol. The maximum atomic E-state index is 7.78. The van der Waals surface area contributed by atoms with Crippen molar-refractivity contribution in [2.24, 2.45) is 7.05 Å². The molecule has 4 heteroatoms. The van der Waals surface area contributed by atoms with Crippen LogP contribution < -0.4 is 9.75 Å². The lowest BCUT2D eigenvalue weighted by atomic mass is 9.95. The van der Waals surface area contributed by atoms with Gasteiger partial charge < -0.3 is 4.42 Å². The van der Waals surface area contributed by atoms with Gasteiger partial charge in [-0.1, -0.05) is 74.2 Å². The largest absolute Gasteiger partial charge is 0.456 e. The molecular weight excluding hydrogens is 432 g/mol. The Morgan fingerprint density at radius 1 is 0.853 bits per heavy atom. The number of pyridine rings is 1. The van der Waals surface area contributed by atoms with E-state index in [-0.39, 0.29) is 0 Å². The van der Waals surface area contributed by atoms with Crippen molar-refractivity contribution in [3.8, 4) is 22.4 Å². The van der Waals surface area contributed by atoms with Crippen LogP contribution in [0.5, 0.6) is 0 Å². The fourth-order valence-corrected chi connectivity index (χ4v) is 6.14. The molecular formula is C30H29N2OSi+. The van der Waals surface area contributed by atoms with Crippen LogP contribution in [0.4, 0.5) is 5.69 Å². The van der Waals surface area contributed by atoms with E-state index in [1.54, 1.807) is 0 Å². The zero-order chi connectivity index (χ0) is 24.2. The van der Waals surface area contributed by atoms with Gasteiger partial charge in [0.15, 0.2) is 11.9 Å². The van der Waals surface area contributed by atoms with Crippen LogP contribution in [0.15, 0.2) is 71.3 Å². The molecule has 0 N–H and O–H groups in total. The Bertz CT molecular complexity index is 1620. The summed E-state index contributed by atoms with van der Waals surface area (Å²) in [4.78, 5) is 3.82. The van der Waals surface area contributed by atoms with Crippen LogP contribution in [0.3, 0.4) is 0 Å². The Hall–Kier alpha value is -3.68. The maximum Gasteiger partial charge on any atom is 0.216 e. The third-order valence-electron chi connectivity index (χ3n) is 6.72. The van der Waals surface area contributed by atoms with E-state index < -0.39 is 8.07 Å². The molecule has 3 aromatic carbocycles. The van der Waals surface area contributed by atoms with Crippen molar-refractivity contribution in [2.45, 2.75) is 33.5 Å². The van der Waals surface area contributed by atoms with Crippen molar-refractivity contribution in [1.29, 1.82) is 0 Å². The van der Waals surface area contributed by atoms with Crippen LogP contribution in [0.1, 0.15) is 11.1 Å². The molecule has 0 unspecified atom stereocenters. The van der Waals surface area contributed by atoms with E-state index in [9.17, 15) is 0 Å². The number of hydrogen-bond donors (Lipinski definition) is 0. The number of rotatable bonds is 3. The number of fused-ring (bicyclic) bond motifs is 3. The molecule has 3 nitrogen and oxygen atoms in total. The Morgan fingerprint density at radius 3 is 2.24 bits per heavy atom. The fourth-order valence-electron chi connectivity index (χ4n) is 4.97. The van der Waals surface area contributed by atoms with Crippen molar-refractivity contribution in [3.63, 3.8) is 0 Å². The molecule has 0 aliphatic carbocycles. The number of benzene rings is 3. The number of nitrogens with zero attached hydrogens (tertiary/aromatic N) is 2. The Labute approximate surface area is 202 Å². The van der Waals surface area contributed by atoms with Crippen molar-refractivity contribution >= 4 is 40.9 Å². The summed E-state index contributed by atoms with van der Waals surface area (Å²) in [6.45, 7) is 19.2. The molecule has 0 saturated carbocycles. The van der Waals surface area contributed by atoms with Gasteiger partial charge in [-0.05, 0) is 30.5 Å². The lowest BCUT2D eigenvalue weighted by Gasteiger charge is -2.15. The predicted octanol–water partition coefficient (Wildman–Crippen LogP) is 7.46. The van der Waals surface area contributed by atoms with E-state index in [1.165, 1.54) is 16.3 Å². The van der Waals surface area contributed by atoms with Gasteiger partial charge in [-0.15, -0.1) is 0 Å². The van der Waals surface area contributed by atoms with E-state index in [0.717, 1.165) is 44.3 Å². The molecule has 5 rings (SSSR count). The normalized spacial score (nSPS) is 11.8. The van der Waals surface area contributed by atoms with E-state index in [1.807, 2.05) is 42.5 Å². The lowest BCUT2D eigenvalue weighted by Crippen LogP contribution is -2.45. The molecule has 34 heavy (non-hydrogen) atoms. The quantitative estimate of drug-likeness (QED) is 0.155. The molecule has 168 valence electrons. The standard InChI is InChI=1S/C30H29N2OSi/c1-19-17-20(2)27(25-16-13-22(18-32(25)4)34(5,6)7)30-26(19)23-14-15-24(31-3)28(29(23)33-30)21-11-9-8-10-12-21/h8-18H,1-2,4-7H3/q+1. The Balaban J connectivity index is 1.89. The van der Waals surface area contributed by atoms with Crippen LogP contribution in [0.25, 0.3) is 49.2 Å². The van der Waals surface area contributed by atoms with Crippen LogP contribution in [0.2, 0.25) is 19.6 Å². The highest BCUT2D eigenvalue weighted by Crippen LogP contribution is 2.45. The third kappa shape index (κ3) is 3.45. The monoisotopic (exact) mass is 461 g/mol. The molecule has 0 fully saturated rings. The van der Waals surface area contributed by atoms with Crippen LogP contribution in [-0.2, 0) is 7.05 Å². The summed E-state index contributed by atoms with van der Waals surface area (Å²) in [6, 6.07) is 20.8. The van der Waals surface area contributed by atoms with Gasteiger partial charge >= 0.3 is 0 Å². The second-order valence-electron chi connectivity index (χ2n) is 10.2. The smallest absolute Gasteiger partial charge is 0.216 e. The van der Waals surface area contributed by atoms with Crippen molar-refractivity contribution in [3.05, 3.63) is 89.4 Å². The third-order valence-corrected chi connectivity index (χ3v) is 8.75. The van der Waals surface area contributed by atoms with Crippen molar-refractivity contribution < 1.29 is 8.98 Å². The Kier molecular flexibility index (Phi) is 5.19. The molecule has 2 aromatic heterocycles. The molecule has 0 aliphatic rings. The van der Waals surface area contributed by atoms with Crippen LogP contribution in [-0.4, -0.2) is 8.07 Å². The average Bonchev–Trinajstić information content (AvgIpc) is 3.18. The Morgan fingerprint density at radius 2 is 1.59 bits per heavy atom. The fraction of sp³-hybridized carbons (Fsp3) is 0.200. The zero-order valence-electron chi connectivity index (χ0n) is 20.7. The van der Waals surface area contributed by atoms with Gasteiger partial charge in [0.2, 0.25) is 5.69 Å². The first-order valence-corrected chi connectivity index (χ1v) is 15.1. The summed E-state index contributed by atoms with van der Waals surface area (Å²) in [7, 11) is 0.705. The van der Waals surface area contributed by atoms with E-state index in [0.29, 0.717) is 5.69 Å².